The molecule has 0 radical (unpaired) electrons. The van der Waals surface area contributed by atoms with Gasteiger partial charge < -0.3 is 10.1 Å². The highest BCUT2D eigenvalue weighted by Crippen LogP contribution is 2.14. The number of nitrogens with zero attached hydrogens (tertiary/aromatic N) is 1. The minimum atomic E-state index is 0. The summed E-state index contributed by atoms with van der Waals surface area (Å²) in [6.07, 6.45) is 5.91. The molecule has 1 N–H and O–H groups in total. The molecule has 1 aromatic rings. The molecule has 17 heavy (non-hydrogen) atoms. The minimum absolute atomic E-state index is 0. The van der Waals surface area contributed by atoms with Crippen LogP contribution in [-0.4, -0.2) is 24.2 Å². The van der Waals surface area contributed by atoms with Crippen molar-refractivity contribution >= 4 is 12.4 Å². The normalized spacial score (nSPS) is 19.0. The van der Waals surface area contributed by atoms with E-state index in [1.165, 1.54) is 18.4 Å². The number of halogens is 1. The highest BCUT2D eigenvalue weighted by atomic mass is 35.5. The van der Waals surface area contributed by atoms with Gasteiger partial charge in [0.25, 0.3) is 0 Å². The number of nitrogens with one attached hydrogen (secondary N) is 1. The lowest BCUT2D eigenvalue weighted by Crippen LogP contribution is -2.20. The molecule has 4 heteroatoms. The molecule has 2 rings (SSSR count). The summed E-state index contributed by atoms with van der Waals surface area (Å²) in [5, 5.41) is 3.45. The molecule has 0 saturated carbocycles. The number of hydrogen-bond acceptors (Lipinski definition) is 3. The van der Waals surface area contributed by atoms with E-state index in [0.29, 0.717) is 6.10 Å². The Hall–Kier alpha value is -0.640. The molecule has 1 atom stereocenters. The number of aromatic nitrogens is 1. The maximum Gasteiger partial charge on any atom is 0.0588 e. The van der Waals surface area contributed by atoms with E-state index in [2.05, 4.69) is 23.3 Å². The van der Waals surface area contributed by atoms with Crippen LogP contribution in [0.2, 0.25) is 0 Å². The van der Waals surface area contributed by atoms with E-state index < -0.39 is 0 Å². The van der Waals surface area contributed by atoms with Crippen LogP contribution in [-0.2, 0) is 11.3 Å². The lowest BCUT2D eigenvalue weighted by Gasteiger charge is -2.10. The molecule has 1 aliphatic rings. The van der Waals surface area contributed by atoms with Gasteiger partial charge in [0.15, 0.2) is 0 Å². The molecule has 1 fully saturated rings. The van der Waals surface area contributed by atoms with Crippen LogP contribution >= 0.6 is 12.4 Å². The van der Waals surface area contributed by atoms with Crippen molar-refractivity contribution in [2.45, 2.75) is 38.8 Å². The summed E-state index contributed by atoms with van der Waals surface area (Å²) in [5.74, 6) is 0. The Kier molecular flexibility index (Phi) is 6.48. The monoisotopic (exact) mass is 256 g/mol. The van der Waals surface area contributed by atoms with Crippen LogP contribution in [0.3, 0.4) is 0 Å². The van der Waals surface area contributed by atoms with Gasteiger partial charge in [-0.15, -0.1) is 12.4 Å². The van der Waals surface area contributed by atoms with Crippen molar-refractivity contribution in [1.29, 1.82) is 0 Å². The van der Waals surface area contributed by atoms with E-state index in [-0.39, 0.29) is 12.4 Å². The molecule has 0 aliphatic carbocycles. The minimum Gasteiger partial charge on any atom is -0.378 e. The predicted octanol–water partition coefficient (Wildman–Crippen LogP) is 2.47. The van der Waals surface area contributed by atoms with E-state index in [0.717, 1.165) is 31.8 Å². The van der Waals surface area contributed by atoms with Crippen molar-refractivity contribution in [2.75, 3.05) is 13.2 Å². The summed E-state index contributed by atoms with van der Waals surface area (Å²) < 4.78 is 5.58. The second kappa shape index (κ2) is 7.64. The Labute approximate surface area is 109 Å². The molecule has 0 spiro atoms. The van der Waals surface area contributed by atoms with Gasteiger partial charge >= 0.3 is 0 Å². The standard InChI is InChI=1S/C13H20N2O.ClH/c1-11-12(4-2-7-15-11)10-14-8-6-13-5-3-9-16-13;/h2,4,7,13-14H,3,5-6,8-10H2,1H3;1H. The maximum atomic E-state index is 5.58. The Balaban J connectivity index is 0.00000144. The van der Waals surface area contributed by atoms with Gasteiger partial charge in [-0.05, 0) is 44.4 Å². The van der Waals surface area contributed by atoms with Crippen molar-refractivity contribution in [3.05, 3.63) is 29.6 Å². The maximum absolute atomic E-state index is 5.58. The highest BCUT2D eigenvalue weighted by molar-refractivity contribution is 5.85. The molecule has 1 saturated heterocycles. The Bertz CT molecular complexity index is 327. The van der Waals surface area contributed by atoms with Gasteiger partial charge in [0, 0.05) is 25.0 Å². The van der Waals surface area contributed by atoms with E-state index in [1.807, 2.05) is 12.3 Å². The van der Waals surface area contributed by atoms with Crippen molar-refractivity contribution < 1.29 is 4.74 Å². The first-order chi connectivity index (χ1) is 7.86. The van der Waals surface area contributed by atoms with Gasteiger partial charge in [0.2, 0.25) is 0 Å². The van der Waals surface area contributed by atoms with Crippen molar-refractivity contribution in [2.24, 2.45) is 0 Å². The number of pyridine rings is 1. The van der Waals surface area contributed by atoms with Gasteiger partial charge in [-0.3, -0.25) is 4.98 Å². The van der Waals surface area contributed by atoms with Crippen molar-refractivity contribution in [1.82, 2.24) is 10.3 Å². The van der Waals surface area contributed by atoms with Gasteiger partial charge in [-0.25, -0.2) is 0 Å². The number of hydrogen-bond donors (Lipinski definition) is 1. The van der Waals surface area contributed by atoms with Gasteiger partial charge in [0.05, 0.1) is 6.10 Å². The largest absolute Gasteiger partial charge is 0.378 e. The van der Waals surface area contributed by atoms with Crippen LogP contribution in [0.25, 0.3) is 0 Å². The van der Waals surface area contributed by atoms with Crippen molar-refractivity contribution in [3.63, 3.8) is 0 Å². The summed E-state index contributed by atoms with van der Waals surface area (Å²) in [6.45, 7) is 4.94. The van der Waals surface area contributed by atoms with Gasteiger partial charge in [0.1, 0.15) is 0 Å². The fourth-order valence-corrected chi connectivity index (χ4v) is 2.06. The van der Waals surface area contributed by atoms with Crippen LogP contribution in [0.4, 0.5) is 0 Å². The van der Waals surface area contributed by atoms with E-state index >= 15 is 0 Å². The third kappa shape index (κ3) is 4.62. The molecule has 1 aliphatic heterocycles. The molecule has 3 nitrogen and oxygen atoms in total. The van der Waals surface area contributed by atoms with Crippen LogP contribution < -0.4 is 5.32 Å². The molecule has 96 valence electrons. The molecular formula is C13H21ClN2O. The van der Waals surface area contributed by atoms with Crippen LogP contribution in [0.5, 0.6) is 0 Å². The van der Waals surface area contributed by atoms with Gasteiger partial charge in [-0.1, -0.05) is 6.07 Å². The second-order valence-corrected chi connectivity index (χ2v) is 4.35. The first kappa shape index (κ1) is 14.4. The molecule has 0 amide bonds. The molecule has 2 heterocycles. The first-order valence-electron chi connectivity index (χ1n) is 6.09. The van der Waals surface area contributed by atoms with Gasteiger partial charge in [-0.2, -0.15) is 0 Å². The first-order valence-corrected chi connectivity index (χ1v) is 6.09. The van der Waals surface area contributed by atoms with Crippen LogP contribution in [0.1, 0.15) is 30.5 Å². The summed E-state index contributed by atoms with van der Waals surface area (Å²) in [4.78, 5) is 4.27. The topological polar surface area (TPSA) is 34.2 Å². The Morgan fingerprint density at radius 3 is 3.12 bits per heavy atom. The predicted molar refractivity (Wildman–Crippen MR) is 71.5 cm³/mol. The summed E-state index contributed by atoms with van der Waals surface area (Å²) in [6, 6.07) is 4.12. The van der Waals surface area contributed by atoms with Crippen LogP contribution in [0, 0.1) is 6.92 Å². The van der Waals surface area contributed by atoms with E-state index in [4.69, 9.17) is 4.74 Å². The fraction of sp³-hybridized carbons (Fsp3) is 0.615. The number of aryl methyl sites for hydroxylation is 1. The smallest absolute Gasteiger partial charge is 0.0588 e. The zero-order valence-electron chi connectivity index (χ0n) is 10.3. The molecule has 0 bridgehead atoms. The van der Waals surface area contributed by atoms with Crippen LogP contribution in [0.15, 0.2) is 18.3 Å². The lowest BCUT2D eigenvalue weighted by molar-refractivity contribution is 0.104. The number of ether oxygens (including phenoxy) is 1. The second-order valence-electron chi connectivity index (χ2n) is 4.35. The molecule has 0 aromatic carbocycles. The van der Waals surface area contributed by atoms with E-state index in [1.54, 1.807) is 0 Å². The molecule has 1 unspecified atom stereocenters. The number of rotatable bonds is 5. The van der Waals surface area contributed by atoms with E-state index in [9.17, 15) is 0 Å². The highest BCUT2D eigenvalue weighted by Gasteiger charge is 2.14. The zero-order chi connectivity index (χ0) is 11.2. The average molecular weight is 257 g/mol. The third-order valence-corrected chi connectivity index (χ3v) is 3.10. The Morgan fingerprint density at radius 1 is 1.53 bits per heavy atom. The quantitative estimate of drug-likeness (QED) is 0.822. The zero-order valence-corrected chi connectivity index (χ0v) is 11.1. The summed E-state index contributed by atoms with van der Waals surface area (Å²) in [5.41, 5.74) is 2.40. The average Bonchev–Trinajstić information content (AvgIpc) is 2.79. The summed E-state index contributed by atoms with van der Waals surface area (Å²) in [7, 11) is 0. The lowest BCUT2D eigenvalue weighted by atomic mass is 10.1. The Morgan fingerprint density at radius 2 is 2.41 bits per heavy atom. The fourth-order valence-electron chi connectivity index (χ4n) is 2.06. The molecular weight excluding hydrogens is 236 g/mol. The SMILES string of the molecule is Cc1ncccc1CNCCC1CCCO1.Cl. The molecule has 1 aromatic heterocycles. The summed E-state index contributed by atoms with van der Waals surface area (Å²) >= 11 is 0. The van der Waals surface area contributed by atoms with Crippen molar-refractivity contribution in [3.8, 4) is 0 Å². The third-order valence-electron chi connectivity index (χ3n) is 3.10.